The Labute approximate surface area is 164 Å². The van der Waals surface area contributed by atoms with E-state index in [-0.39, 0.29) is 12.1 Å². The van der Waals surface area contributed by atoms with Gasteiger partial charge in [0.25, 0.3) is 0 Å². The summed E-state index contributed by atoms with van der Waals surface area (Å²) < 4.78 is 2.04. The van der Waals surface area contributed by atoms with Gasteiger partial charge in [0.15, 0.2) is 0 Å². The van der Waals surface area contributed by atoms with Crippen molar-refractivity contribution in [1.82, 2.24) is 24.7 Å². The molecule has 0 aliphatic carbocycles. The predicted octanol–water partition coefficient (Wildman–Crippen LogP) is 3.47. The fraction of sp³-hybridized carbons (Fsp3) is 0.400. The Morgan fingerprint density at radius 2 is 2.04 bits per heavy atom. The van der Waals surface area contributed by atoms with Crippen molar-refractivity contribution in [2.75, 3.05) is 27.2 Å². The van der Waals surface area contributed by atoms with Crippen LogP contribution in [0.25, 0.3) is 11.0 Å². The number of thiophene rings is 1. The second kappa shape index (κ2) is 8.54. The fourth-order valence-electron chi connectivity index (χ4n) is 3.07. The molecule has 3 rings (SSSR count). The van der Waals surface area contributed by atoms with Gasteiger partial charge in [-0.15, -0.1) is 0 Å². The summed E-state index contributed by atoms with van der Waals surface area (Å²) in [5.41, 5.74) is 3.17. The maximum absolute atomic E-state index is 13.0. The molecule has 3 aromatic rings. The highest BCUT2D eigenvalue weighted by Gasteiger charge is 2.20. The highest BCUT2D eigenvalue weighted by molar-refractivity contribution is 7.07. The van der Waals surface area contributed by atoms with Crippen molar-refractivity contribution in [3.8, 4) is 0 Å². The summed E-state index contributed by atoms with van der Waals surface area (Å²) in [7, 11) is 6.02. The number of hydrogen-bond acceptors (Lipinski definition) is 4. The minimum atomic E-state index is -0.181. The van der Waals surface area contributed by atoms with Gasteiger partial charge < -0.3 is 19.7 Å². The highest BCUT2D eigenvalue weighted by atomic mass is 32.1. The van der Waals surface area contributed by atoms with Gasteiger partial charge in [-0.1, -0.05) is 12.1 Å². The third kappa shape index (κ3) is 4.67. The van der Waals surface area contributed by atoms with Crippen LogP contribution in [0.2, 0.25) is 0 Å². The summed E-state index contributed by atoms with van der Waals surface area (Å²) in [5, 5.41) is 7.25. The molecule has 1 N–H and O–H groups in total. The molecule has 0 bridgehead atoms. The van der Waals surface area contributed by atoms with Gasteiger partial charge in [0.05, 0.1) is 17.1 Å². The molecular weight excluding hydrogens is 358 g/mol. The average Bonchev–Trinajstić information content (AvgIpc) is 3.26. The number of imidazole rings is 1. The van der Waals surface area contributed by atoms with Crippen molar-refractivity contribution in [3.63, 3.8) is 0 Å². The molecule has 1 aromatic carbocycles. The van der Waals surface area contributed by atoms with Gasteiger partial charge in [0.1, 0.15) is 5.82 Å². The summed E-state index contributed by atoms with van der Waals surface area (Å²) in [5.74, 6) is 0.854. The zero-order valence-electron chi connectivity index (χ0n) is 16.3. The number of fused-ring (bicyclic) bond motifs is 1. The lowest BCUT2D eigenvalue weighted by molar-refractivity contribution is 0.185. The van der Waals surface area contributed by atoms with Crippen LogP contribution in [0, 0.1) is 0 Å². The molecule has 0 radical (unpaired) electrons. The van der Waals surface area contributed by atoms with Crippen LogP contribution in [-0.4, -0.2) is 52.6 Å². The number of rotatable bonds is 7. The lowest BCUT2D eigenvalue weighted by atomic mass is 10.3. The van der Waals surface area contributed by atoms with E-state index in [0.29, 0.717) is 13.1 Å². The SMILES string of the molecule is CC(NC(=O)N(CCN(C)C)Cc1ccsc1)c1nc2ccccc2n1C. The fourth-order valence-corrected chi connectivity index (χ4v) is 3.73. The Bertz CT molecular complexity index is 887. The summed E-state index contributed by atoms with van der Waals surface area (Å²) in [6.07, 6.45) is 0. The Morgan fingerprint density at radius 3 is 2.70 bits per heavy atom. The Morgan fingerprint density at radius 1 is 1.26 bits per heavy atom. The summed E-state index contributed by atoms with van der Waals surface area (Å²) >= 11 is 1.65. The topological polar surface area (TPSA) is 53.4 Å². The molecule has 2 heterocycles. The molecule has 7 heteroatoms. The highest BCUT2D eigenvalue weighted by Crippen LogP contribution is 2.19. The molecule has 0 spiro atoms. The molecule has 1 unspecified atom stereocenters. The third-order valence-electron chi connectivity index (χ3n) is 4.61. The number of nitrogens with zero attached hydrogens (tertiary/aromatic N) is 4. The number of aryl methyl sites for hydroxylation is 1. The standard InChI is InChI=1S/C20H27N5OS/c1-15(19-22-17-7-5-6-8-18(17)24(19)4)21-20(26)25(11-10-23(2)3)13-16-9-12-27-14-16/h5-9,12,14-15H,10-11,13H2,1-4H3,(H,21,26). The molecule has 0 aliphatic rings. The number of nitrogens with one attached hydrogen (secondary N) is 1. The number of benzene rings is 1. The normalized spacial score (nSPS) is 12.5. The van der Waals surface area contributed by atoms with Crippen LogP contribution >= 0.6 is 11.3 Å². The second-order valence-electron chi connectivity index (χ2n) is 7.05. The first-order chi connectivity index (χ1) is 13.0. The van der Waals surface area contributed by atoms with Crippen molar-refractivity contribution >= 4 is 28.4 Å². The van der Waals surface area contributed by atoms with Crippen molar-refractivity contribution in [1.29, 1.82) is 0 Å². The van der Waals surface area contributed by atoms with Crippen molar-refractivity contribution < 1.29 is 4.79 Å². The molecule has 144 valence electrons. The molecule has 0 saturated heterocycles. The molecule has 2 amide bonds. The summed E-state index contributed by atoms with van der Waals surface area (Å²) in [4.78, 5) is 21.6. The van der Waals surface area contributed by atoms with Gasteiger partial charge >= 0.3 is 6.03 Å². The molecule has 27 heavy (non-hydrogen) atoms. The minimum absolute atomic E-state index is 0.0670. The van der Waals surface area contributed by atoms with E-state index < -0.39 is 0 Å². The zero-order valence-corrected chi connectivity index (χ0v) is 17.2. The molecule has 0 saturated carbocycles. The monoisotopic (exact) mass is 385 g/mol. The van der Waals surface area contributed by atoms with Gasteiger partial charge in [-0.2, -0.15) is 11.3 Å². The number of aromatic nitrogens is 2. The number of urea groups is 1. The lowest BCUT2D eigenvalue weighted by Gasteiger charge is -2.26. The zero-order chi connectivity index (χ0) is 19.4. The number of hydrogen-bond donors (Lipinski definition) is 1. The first-order valence-corrected chi connectivity index (χ1v) is 10.0. The lowest BCUT2D eigenvalue weighted by Crippen LogP contribution is -2.43. The molecular formula is C20H27N5OS. The molecule has 0 aliphatic heterocycles. The molecule has 2 aromatic heterocycles. The largest absolute Gasteiger partial charge is 0.329 e. The van der Waals surface area contributed by atoms with E-state index in [9.17, 15) is 4.79 Å². The van der Waals surface area contributed by atoms with E-state index in [4.69, 9.17) is 4.98 Å². The molecule has 1 atom stereocenters. The van der Waals surface area contributed by atoms with Crippen molar-refractivity contribution in [3.05, 3.63) is 52.5 Å². The van der Waals surface area contributed by atoms with E-state index in [1.54, 1.807) is 11.3 Å². The van der Waals surface area contributed by atoms with E-state index >= 15 is 0 Å². The summed E-state index contributed by atoms with van der Waals surface area (Å²) in [6.45, 7) is 4.08. The summed E-state index contributed by atoms with van der Waals surface area (Å²) in [6, 6.07) is 9.83. The van der Waals surface area contributed by atoms with Crippen LogP contribution < -0.4 is 5.32 Å². The first kappa shape index (κ1) is 19.4. The van der Waals surface area contributed by atoms with Crippen LogP contribution in [0.1, 0.15) is 24.4 Å². The third-order valence-corrected chi connectivity index (χ3v) is 5.34. The second-order valence-corrected chi connectivity index (χ2v) is 7.83. The van der Waals surface area contributed by atoms with Crippen molar-refractivity contribution in [2.45, 2.75) is 19.5 Å². The molecule has 0 fully saturated rings. The number of amides is 2. The van der Waals surface area contributed by atoms with Crippen LogP contribution in [0.5, 0.6) is 0 Å². The number of likely N-dealkylation sites (N-methyl/N-ethyl adjacent to an activating group) is 1. The Hall–Kier alpha value is -2.38. The van der Waals surface area contributed by atoms with Gasteiger partial charge in [-0.05, 0) is 55.5 Å². The number of carbonyl (C=O) groups is 1. The number of carbonyl (C=O) groups excluding carboxylic acids is 1. The predicted molar refractivity (Wildman–Crippen MR) is 111 cm³/mol. The number of para-hydroxylation sites is 2. The maximum Gasteiger partial charge on any atom is 0.318 e. The smallest absolute Gasteiger partial charge is 0.318 e. The van der Waals surface area contributed by atoms with Crippen LogP contribution in [0.15, 0.2) is 41.1 Å². The minimum Gasteiger partial charge on any atom is -0.329 e. The maximum atomic E-state index is 13.0. The van der Waals surface area contributed by atoms with E-state index in [2.05, 4.69) is 21.7 Å². The van der Waals surface area contributed by atoms with Gasteiger partial charge in [0, 0.05) is 26.7 Å². The van der Waals surface area contributed by atoms with Gasteiger partial charge in [0.2, 0.25) is 0 Å². The van der Waals surface area contributed by atoms with Gasteiger partial charge in [-0.3, -0.25) is 0 Å². The van der Waals surface area contributed by atoms with Gasteiger partial charge in [-0.25, -0.2) is 9.78 Å². The van der Waals surface area contributed by atoms with E-state index in [1.807, 2.05) is 67.2 Å². The van der Waals surface area contributed by atoms with Crippen LogP contribution in [0.3, 0.4) is 0 Å². The van der Waals surface area contributed by atoms with Crippen molar-refractivity contribution in [2.24, 2.45) is 7.05 Å². The quantitative estimate of drug-likeness (QED) is 0.678. The van der Waals surface area contributed by atoms with Crippen LogP contribution in [-0.2, 0) is 13.6 Å². The van der Waals surface area contributed by atoms with E-state index in [0.717, 1.165) is 29.0 Å². The Balaban J connectivity index is 1.73. The first-order valence-electron chi connectivity index (χ1n) is 9.08. The Kier molecular flexibility index (Phi) is 6.13. The average molecular weight is 386 g/mol. The van der Waals surface area contributed by atoms with E-state index in [1.165, 1.54) is 0 Å². The molecule has 6 nitrogen and oxygen atoms in total. The van der Waals surface area contributed by atoms with Crippen LogP contribution in [0.4, 0.5) is 4.79 Å².